The molecule has 7 heteroatoms. The SMILES string of the molecule is Cc1nc2ccccc2n1-c1ccc([N+](=O)[O-])c(C#N)n1. The van der Waals surface area contributed by atoms with Crippen LogP contribution in [0, 0.1) is 28.4 Å². The lowest BCUT2D eigenvalue weighted by atomic mass is 10.3. The average molecular weight is 279 g/mol. The van der Waals surface area contributed by atoms with Gasteiger partial charge in [-0.25, -0.2) is 9.97 Å². The van der Waals surface area contributed by atoms with Gasteiger partial charge in [-0.2, -0.15) is 5.26 Å². The molecule has 0 aliphatic heterocycles. The number of aryl methyl sites for hydroxylation is 1. The summed E-state index contributed by atoms with van der Waals surface area (Å²) in [6.07, 6.45) is 0. The summed E-state index contributed by atoms with van der Waals surface area (Å²) in [4.78, 5) is 18.7. The lowest BCUT2D eigenvalue weighted by Crippen LogP contribution is -2.03. The lowest BCUT2D eigenvalue weighted by Gasteiger charge is -2.06. The molecule has 2 heterocycles. The number of hydrogen-bond acceptors (Lipinski definition) is 5. The Bertz CT molecular complexity index is 907. The van der Waals surface area contributed by atoms with E-state index in [1.807, 2.05) is 31.2 Å². The average Bonchev–Trinajstić information content (AvgIpc) is 2.82. The molecular weight excluding hydrogens is 270 g/mol. The van der Waals surface area contributed by atoms with Gasteiger partial charge in [-0.3, -0.25) is 14.7 Å². The van der Waals surface area contributed by atoms with E-state index in [0.29, 0.717) is 11.6 Å². The number of rotatable bonds is 2. The van der Waals surface area contributed by atoms with Crippen molar-refractivity contribution in [3.8, 4) is 11.9 Å². The number of nitro groups is 1. The van der Waals surface area contributed by atoms with Crippen molar-refractivity contribution < 1.29 is 4.92 Å². The second-order valence-corrected chi connectivity index (χ2v) is 4.39. The molecule has 3 rings (SSSR count). The topological polar surface area (TPSA) is 97.6 Å². The number of nitriles is 1. The Morgan fingerprint density at radius 1 is 1.24 bits per heavy atom. The standard InChI is InChI=1S/C14H9N5O2/c1-9-16-10-4-2-3-5-12(10)18(9)14-7-6-13(19(20)21)11(8-15)17-14/h2-7H,1H3. The monoisotopic (exact) mass is 279 g/mol. The molecule has 0 saturated heterocycles. The molecule has 0 unspecified atom stereocenters. The van der Waals surface area contributed by atoms with Gasteiger partial charge in [0.15, 0.2) is 0 Å². The fourth-order valence-electron chi connectivity index (χ4n) is 2.23. The number of para-hydroxylation sites is 2. The summed E-state index contributed by atoms with van der Waals surface area (Å²) in [6, 6.07) is 12.1. The molecule has 0 bridgehead atoms. The van der Waals surface area contributed by atoms with Gasteiger partial charge in [0.2, 0.25) is 5.69 Å². The second kappa shape index (κ2) is 4.68. The van der Waals surface area contributed by atoms with E-state index in [-0.39, 0.29) is 11.4 Å². The van der Waals surface area contributed by atoms with Gasteiger partial charge in [0.1, 0.15) is 17.7 Å². The molecule has 0 aliphatic rings. The summed E-state index contributed by atoms with van der Waals surface area (Å²) < 4.78 is 1.76. The molecule has 7 nitrogen and oxygen atoms in total. The van der Waals surface area contributed by atoms with Gasteiger partial charge in [0, 0.05) is 6.07 Å². The third-order valence-corrected chi connectivity index (χ3v) is 3.12. The van der Waals surface area contributed by atoms with Gasteiger partial charge in [0.25, 0.3) is 0 Å². The number of fused-ring (bicyclic) bond motifs is 1. The maximum atomic E-state index is 10.9. The maximum absolute atomic E-state index is 10.9. The fraction of sp³-hybridized carbons (Fsp3) is 0.0714. The van der Waals surface area contributed by atoms with Crippen molar-refractivity contribution in [3.05, 3.63) is 58.0 Å². The normalized spacial score (nSPS) is 10.5. The Kier molecular flexibility index (Phi) is 2.84. The molecule has 2 aromatic heterocycles. The Morgan fingerprint density at radius 3 is 2.71 bits per heavy atom. The van der Waals surface area contributed by atoms with E-state index < -0.39 is 4.92 Å². The highest BCUT2D eigenvalue weighted by molar-refractivity contribution is 5.77. The van der Waals surface area contributed by atoms with Crippen molar-refractivity contribution in [2.24, 2.45) is 0 Å². The molecule has 0 radical (unpaired) electrons. The molecule has 0 amide bonds. The summed E-state index contributed by atoms with van der Waals surface area (Å²) in [5, 5.41) is 19.9. The van der Waals surface area contributed by atoms with Crippen LogP contribution in [0.2, 0.25) is 0 Å². The highest BCUT2D eigenvalue weighted by Gasteiger charge is 2.18. The van der Waals surface area contributed by atoms with Crippen LogP contribution in [0.5, 0.6) is 0 Å². The Morgan fingerprint density at radius 2 is 2.00 bits per heavy atom. The van der Waals surface area contributed by atoms with E-state index in [4.69, 9.17) is 5.26 Å². The molecule has 0 spiro atoms. The van der Waals surface area contributed by atoms with Crippen LogP contribution in [0.3, 0.4) is 0 Å². The molecule has 0 aliphatic carbocycles. The Hall–Kier alpha value is -3.27. The third kappa shape index (κ3) is 1.99. The number of benzene rings is 1. The maximum Gasteiger partial charge on any atom is 0.305 e. The quantitative estimate of drug-likeness (QED) is 0.530. The van der Waals surface area contributed by atoms with Crippen molar-refractivity contribution in [3.63, 3.8) is 0 Å². The van der Waals surface area contributed by atoms with E-state index in [1.165, 1.54) is 12.1 Å². The largest absolute Gasteiger partial charge is 0.305 e. The van der Waals surface area contributed by atoms with Crippen molar-refractivity contribution >= 4 is 16.7 Å². The summed E-state index contributed by atoms with van der Waals surface area (Å²) >= 11 is 0. The van der Waals surface area contributed by atoms with Crippen LogP contribution in [0.15, 0.2) is 36.4 Å². The molecule has 1 aromatic carbocycles. The minimum absolute atomic E-state index is 0.213. The minimum Gasteiger partial charge on any atom is -0.281 e. The van der Waals surface area contributed by atoms with Crippen LogP contribution in [-0.4, -0.2) is 19.5 Å². The minimum atomic E-state index is -0.617. The van der Waals surface area contributed by atoms with Gasteiger partial charge < -0.3 is 0 Å². The molecule has 0 atom stereocenters. The van der Waals surface area contributed by atoms with Crippen molar-refractivity contribution in [1.29, 1.82) is 5.26 Å². The van der Waals surface area contributed by atoms with E-state index in [1.54, 1.807) is 10.6 Å². The molecule has 21 heavy (non-hydrogen) atoms. The number of imidazole rings is 1. The van der Waals surface area contributed by atoms with Crippen LogP contribution in [0.1, 0.15) is 11.5 Å². The molecule has 0 N–H and O–H groups in total. The van der Waals surface area contributed by atoms with Crippen molar-refractivity contribution in [1.82, 2.24) is 14.5 Å². The summed E-state index contributed by atoms with van der Waals surface area (Å²) in [6.45, 7) is 1.81. The fourth-order valence-corrected chi connectivity index (χ4v) is 2.23. The van der Waals surface area contributed by atoms with Gasteiger partial charge in [-0.1, -0.05) is 12.1 Å². The van der Waals surface area contributed by atoms with Crippen LogP contribution in [0.25, 0.3) is 16.9 Å². The summed E-state index contributed by atoms with van der Waals surface area (Å²) in [7, 11) is 0. The zero-order valence-electron chi connectivity index (χ0n) is 11.0. The van der Waals surface area contributed by atoms with E-state index >= 15 is 0 Å². The zero-order valence-corrected chi connectivity index (χ0v) is 11.0. The van der Waals surface area contributed by atoms with Gasteiger partial charge in [0.05, 0.1) is 16.0 Å². The third-order valence-electron chi connectivity index (χ3n) is 3.12. The van der Waals surface area contributed by atoms with Crippen molar-refractivity contribution in [2.75, 3.05) is 0 Å². The van der Waals surface area contributed by atoms with Crippen LogP contribution < -0.4 is 0 Å². The Labute approximate surface area is 119 Å². The summed E-state index contributed by atoms with van der Waals surface area (Å²) in [5.74, 6) is 1.13. The van der Waals surface area contributed by atoms with Crippen molar-refractivity contribution in [2.45, 2.75) is 6.92 Å². The second-order valence-electron chi connectivity index (χ2n) is 4.39. The molecule has 0 saturated carbocycles. The lowest BCUT2D eigenvalue weighted by molar-refractivity contribution is -0.385. The zero-order chi connectivity index (χ0) is 15.0. The Balaban J connectivity index is 2.27. The molecule has 0 fully saturated rings. The van der Waals surface area contributed by atoms with Crippen LogP contribution >= 0.6 is 0 Å². The van der Waals surface area contributed by atoms with E-state index in [9.17, 15) is 10.1 Å². The van der Waals surface area contributed by atoms with Crippen LogP contribution in [0.4, 0.5) is 5.69 Å². The predicted octanol–water partition coefficient (Wildman–Crippen LogP) is 2.51. The molecule has 102 valence electrons. The van der Waals surface area contributed by atoms with E-state index in [0.717, 1.165) is 11.0 Å². The molecular formula is C14H9N5O2. The number of nitrogens with zero attached hydrogens (tertiary/aromatic N) is 5. The number of aromatic nitrogens is 3. The van der Waals surface area contributed by atoms with Crippen LogP contribution in [-0.2, 0) is 0 Å². The van der Waals surface area contributed by atoms with Gasteiger partial charge >= 0.3 is 5.69 Å². The van der Waals surface area contributed by atoms with Gasteiger partial charge in [-0.15, -0.1) is 0 Å². The first-order valence-corrected chi connectivity index (χ1v) is 6.12. The first-order chi connectivity index (χ1) is 10.1. The summed E-state index contributed by atoms with van der Waals surface area (Å²) in [5.41, 5.74) is 1.12. The smallest absolute Gasteiger partial charge is 0.281 e. The van der Waals surface area contributed by atoms with Gasteiger partial charge in [-0.05, 0) is 25.1 Å². The predicted molar refractivity (Wildman–Crippen MR) is 75.0 cm³/mol. The highest BCUT2D eigenvalue weighted by Crippen LogP contribution is 2.23. The first-order valence-electron chi connectivity index (χ1n) is 6.12. The molecule has 3 aromatic rings. The van der Waals surface area contributed by atoms with E-state index in [2.05, 4.69) is 9.97 Å². The number of pyridine rings is 1. The first kappa shape index (κ1) is 12.7. The highest BCUT2D eigenvalue weighted by atomic mass is 16.6. The number of hydrogen-bond donors (Lipinski definition) is 0.